The summed E-state index contributed by atoms with van der Waals surface area (Å²) in [5, 5.41) is 0. The van der Waals surface area contributed by atoms with E-state index in [2.05, 4.69) is 4.99 Å². The number of nitrogens with two attached hydrogens (primary N) is 1. The summed E-state index contributed by atoms with van der Waals surface area (Å²) >= 11 is 0. The Bertz CT molecular complexity index is 70.1. The molecule has 0 amide bonds. The number of hydrogen-bond acceptors (Lipinski definition) is 1. The van der Waals surface area contributed by atoms with Gasteiger partial charge in [0.2, 0.25) is 0 Å². The highest BCUT2D eigenvalue weighted by Crippen LogP contribution is 1.70. The van der Waals surface area contributed by atoms with Crippen molar-refractivity contribution < 1.29 is 4.39 Å². The molecule has 0 fully saturated rings. The molecule has 0 spiro atoms. The van der Waals surface area contributed by atoms with Crippen LogP contribution >= 0.6 is 0 Å². The Morgan fingerprint density at radius 3 is 2.57 bits per heavy atom. The highest BCUT2D eigenvalue weighted by atomic mass is 19.1. The van der Waals surface area contributed by atoms with Gasteiger partial charge in [0.15, 0.2) is 0 Å². The van der Waals surface area contributed by atoms with E-state index in [0.717, 1.165) is 0 Å². The van der Waals surface area contributed by atoms with Gasteiger partial charge < -0.3 is 5.73 Å². The van der Waals surface area contributed by atoms with Crippen molar-refractivity contribution in [2.24, 2.45) is 10.7 Å². The zero-order chi connectivity index (χ0) is 5.70. The molecule has 0 heterocycles. The lowest BCUT2D eigenvalue weighted by molar-refractivity contribution is 0.578. The van der Waals surface area contributed by atoms with Gasteiger partial charge in [-0.1, -0.05) is 0 Å². The number of aliphatic imine (C=N–C) groups is 1. The topological polar surface area (TPSA) is 38.4 Å². The van der Waals surface area contributed by atoms with Crippen molar-refractivity contribution in [3.8, 4) is 0 Å². The SMILES string of the molecule is CCN=C(N)CF. The lowest BCUT2D eigenvalue weighted by Crippen LogP contribution is -2.13. The van der Waals surface area contributed by atoms with Crippen molar-refractivity contribution >= 4 is 5.84 Å². The normalized spacial score (nSPS) is 12.0. The zero-order valence-corrected chi connectivity index (χ0v) is 4.32. The number of alkyl halides is 1. The third kappa shape index (κ3) is 3.22. The number of rotatable bonds is 2. The molecule has 3 heteroatoms. The van der Waals surface area contributed by atoms with Gasteiger partial charge in [-0.25, -0.2) is 4.39 Å². The second kappa shape index (κ2) is 3.59. The predicted molar refractivity (Wildman–Crippen MR) is 28.1 cm³/mol. The Labute approximate surface area is 42.2 Å². The van der Waals surface area contributed by atoms with Gasteiger partial charge in [0.05, 0.1) is 0 Å². The number of nitrogens with zero attached hydrogens (tertiary/aromatic N) is 1. The first-order valence-electron chi connectivity index (χ1n) is 2.16. The maximum atomic E-state index is 11.3. The Hall–Kier alpha value is -0.600. The molecule has 42 valence electrons. The molecule has 0 saturated carbocycles. The molecule has 7 heavy (non-hydrogen) atoms. The fourth-order valence-corrected chi connectivity index (χ4v) is 0.245. The van der Waals surface area contributed by atoms with Gasteiger partial charge in [0.1, 0.15) is 12.5 Å². The molecule has 0 aromatic rings. The van der Waals surface area contributed by atoms with Crippen LogP contribution in [-0.2, 0) is 0 Å². The van der Waals surface area contributed by atoms with Crippen LogP contribution in [0.3, 0.4) is 0 Å². The Balaban J connectivity index is 3.29. The van der Waals surface area contributed by atoms with E-state index in [4.69, 9.17) is 5.73 Å². The summed E-state index contributed by atoms with van der Waals surface area (Å²) in [5.74, 6) is 0.0856. The van der Waals surface area contributed by atoms with Crippen molar-refractivity contribution in [2.45, 2.75) is 6.92 Å². The van der Waals surface area contributed by atoms with Crippen LogP contribution in [0.2, 0.25) is 0 Å². The molecule has 0 aliphatic carbocycles. The highest BCUT2D eigenvalue weighted by Gasteiger charge is 1.82. The first-order valence-corrected chi connectivity index (χ1v) is 2.16. The van der Waals surface area contributed by atoms with E-state index in [1.54, 1.807) is 0 Å². The van der Waals surface area contributed by atoms with Gasteiger partial charge in [-0.2, -0.15) is 0 Å². The van der Waals surface area contributed by atoms with Gasteiger partial charge in [-0.3, -0.25) is 4.99 Å². The maximum Gasteiger partial charge on any atom is 0.146 e. The van der Waals surface area contributed by atoms with Crippen LogP contribution in [0.4, 0.5) is 4.39 Å². The highest BCUT2D eigenvalue weighted by molar-refractivity contribution is 5.81. The summed E-state index contributed by atoms with van der Waals surface area (Å²) in [6.45, 7) is 1.74. The monoisotopic (exact) mass is 104 g/mol. The van der Waals surface area contributed by atoms with Crippen LogP contribution in [0.15, 0.2) is 4.99 Å². The molecule has 2 N–H and O–H groups in total. The molecule has 0 aliphatic heterocycles. The van der Waals surface area contributed by atoms with E-state index in [1.165, 1.54) is 0 Å². The zero-order valence-electron chi connectivity index (χ0n) is 4.32. The van der Waals surface area contributed by atoms with Crippen molar-refractivity contribution in [1.29, 1.82) is 0 Å². The largest absolute Gasteiger partial charge is 0.385 e. The van der Waals surface area contributed by atoms with Crippen molar-refractivity contribution in [1.82, 2.24) is 0 Å². The summed E-state index contributed by atoms with van der Waals surface area (Å²) in [7, 11) is 0. The average molecular weight is 104 g/mol. The first-order chi connectivity index (χ1) is 3.31. The van der Waals surface area contributed by atoms with E-state index in [1.807, 2.05) is 6.92 Å². The Kier molecular flexibility index (Phi) is 3.28. The summed E-state index contributed by atoms with van der Waals surface area (Å²) < 4.78 is 11.3. The van der Waals surface area contributed by atoms with Gasteiger partial charge in [0.25, 0.3) is 0 Å². The van der Waals surface area contributed by atoms with Crippen LogP contribution in [0, 0.1) is 0 Å². The number of hydrogen-bond donors (Lipinski definition) is 1. The minimum Gasteiger partial charge on any atom is -0.385 e. The molecule has 0 aromatic carbocycles. The third-order valence-electron chi connectivity index (χ3n) is 0.498. The van der Waals surface area contributed by atoms with E-state index < -0.39 is 6.67 Å². The van der Waals surface area contributed by atoms with E-state index in [9.17, 15) is 4.39 Å². The van der Waals surface area contributed by atoms with Crippen LogP contribution in [0.1, 0.15) is 6.92 Å². The molecule has 0 saturated heterocycles. The molecule has 0 aromatic heterocycles. The minimum absolute atomic E-state index is 0.0856. The molecule has 0 bridgehead atoms. The summed E-state index contributed by atoms with van der Waals surface area (Å²) in [6.07, 6.45) is 0. The molecule has 0 rings (SSSR count). The summed E-state index contributed by atoms with van der Waals surface area (Å²) in [6, 6.07) is 0. The molecule has 2 nitrogen and oxygen atoms in total. The lowest BCUT2D eigenvalue weighted by Gasteiger charge is -1.86. The molecule has 0 aliphatic rings. The Morgan fingerprint density at radius 1 is 1.86 bits per heavy atom. The summed E-state index contributed by atoms with van der Waals surface area (Å²) in [4.78, 5) is 3.56. The van der Waals surface area contributed by atoms with E-state index in [-0.39, 0.29) is 5.84 Å². The van der Waals surface area contributed by atoms with Crippen LogP contribution in [-0.4, -0.2) is 19.1 Å². The van der Waals surface area contributed by atoms with Crippen LogP contribution in [0.25, 0.3) is 0 Å². The fraction of sp³-hybridized carbons (Fsp3) is 0.750. The van der Waals surface area contributed by atoms with E-state index >= 15 is 0 Å². The van der Waals surface area contributed by atoms with Gasteiger partial charge in [-0.15, -0.1) is 0 Å². The first kappa shape index (κ1) is 6.40. The smallest absolute Gasteiger partial charge is 0.146 e. The van der Waals surface area contributed by atoms with Gasteiger partial charge in [-0.05, 0) is 6.92 Å². The maximum absolute atomic E-state index is 11.3. The Morgan fingerprint density at radius 2 is 2.43 bits per heavy atom. The standard InChI is InChI=1S/C4H9FN2/c1-2-7-4(6)3-5/h2-3H2,1H3,(H2,6,7). The number of halogens is 1. The van der Waals surface area contributed by atoms with Gasteiger partial charge in [0, 0.05) is 6.54 Å². The van der Waals surface area contributed by atoms with Crippen molar-refractivity contribution in [3.63, 3.8) is 0 Å². The van der Waals surface area contributed by atoms with Gasteiger partial charge >= 0.3 is 0 Å². The van der Waals surface area contributed by atoms with Crippen LogP contribution in [0.5, 0.6) is 0 Å². The molecular formula is C4H9FN2. The quantitative estimate of drug-likeness (QED) is 0.398. The third-order valence-corrected chi connectivity index (χ3v) is 0.498. The van der Waals surface area contributed by atoms with Crippen molar-refractivity contribution in [2.75, 3.05) is 13.2 Å². The van der Waals surface area contributed by atoms with E-state index in [0.29, 0.717) is 6.54 Å². The van der Waals surface area contributed by atoms with Crippen molar-refractivity contribution in [3.05, 3.63) is 0 Å². The minimum atomic E-state index is -0.631. The lowest BCUT2D eigenvalue weighted by atomic mass is 10.6. The van der Waals surface area contributed by atoms with Crippen LogP contribution < -0.4 is 5.73 Å². The molecule has 0 radical (unpaired) electrons. The summed E-state index contributed by atoms with van der Waals surface area (Å²) in [5.41, 5.74) is 4.96. The predicted octanol–water partition coefficient (Wildman–Crippen LogP) is 0.333. The number of amidine groups is 1. The molecule has 0 unspecified atom stereocenters. The molecular weight excluding hydrogens is 95.1 g/mol. The second-order valence-corrected chi connectivity index (χ2v) is 1.10. The second-order valence-electron chi connectivity index (χ2n) is 1.10. The molecule has 0 atom stereocenters. The fourth-order valence-electron chi connectivity index (χ4n) is 0.245. The average Bonchev–Trinajstić information content (AvgIpc) is 1.68.